The highest BCUT2D eigenvalue weighted by molar-refractivity contribution is 4.93. The van der Waals surface area contributed by atoms with Crippen molar-refractivity contribution in [2.45, 2.75) is 56.8 Å². The van der Waals surface area contributed by atoms with E-state index in [0.717, 1.165) is 19.4 Å². The maximum Gasteiger partial charge on any atom is 0.0733 e. The molecule has 0 aromatic carbocycles. The van der Waals surface area contributed by atoms with Crippen molar-refractivity contribution < 1.29 is 4.74 Å². The molecule has 78 valence electrons. The van der Waals surface area contributed by atoms with E-state index in [1.807, 2.05) is 0 Å². The lowest BCUT2D eigenvalue weighted by atomic mass is 9.95. The van der Waals surface area contributed by atoms with Crippen LogP contribution in [0.4, 0.5) is 0 Å². The number of hydrogen-bond donors (Lipinski definition) is 1. The fourth-order valence-corrected chi connectivity index (χ4v) is 2.47. The predicted octanol–water partition coefficient (Wildman–Crippen LogP) is 1.59. The molecule has 3 unspecified atom stereocenters. The number of nitrogens with zero attached hydrogens (tertiary/aromatic N) is 1. The Morgan fingerprint density at radius 1 is 1.36 bits per heavy atom. The van der Waals surface area contributed by atoms with Crippen LogP contribution in [-0.2, 0) is 4.74 Å². The summed E-state index contributed by atoms with van der Waals surface area (Å²) in [6, 6.07) is 2.76. The molecule has 3 atom stereocenters. The smallest absolute Gasteiger partial charge is 0.0733 e. The molecule has 0 aromatic rings. The van der Waals surface area contributed by atoms with Crippen molar-refractivity contribution in [1.29, 1.82) is 5.26 Å². The van der Waals surface area contributed by atoms with Gasteiger partial charge in [0.15, 0.2) is 0 Å². The van der Waals surface area contributed by atoms with Crippen molar-refractivity contribution in [2.75, 3.05) is 6.54 Å². The lowest BCUT2D eigenvalue weighted by Crippen LogP contribution is -2.37. The highest BCUT2D eigenvalue weighted by Crippen LogP contribution is 2.34. The Balaban J connectivity index is 1.56. The summed E-state index contributed by atoms with van der Waals surface area (Å²) < 4.78 is 5.75. The quantitative estimate of drug-likeness (QED) is 0.676. The van der Waals surface area contributed by atoms with Crippen molar-refractivity contribution in [3.05, 3.63) is 0 Å². The normalized spacial score (nSPS) is 34.6. The van der Waals surface area contributed by atoms with E-state index in [4.69, 9.17) is 10.00 Å². The van der Waals surface area contributed by atoms with E-state index >= 15 is 0 Å². The Bertz CT molecular complexity index is 224. The van der Waals surface area contributed by atoms with Gasteiger partial charge in [-0.3, -0.25) is 0 Å². The Morgan fingerprint density at radius 2 is 2.29 bits per heavy atom. The molecule has 1 N–H and O–H groups in total. The summed E-state index contributed by atoms with van der Waals surface area (Å²) in [6.45, 7) is 1.04. The zero-order chi connectivity index (χ0) is 9.80. The maximum atomic E-state index is 8.37. The van der Waals surface area contributed by atoms with Crippen LogP contribution in [0.5, 0.6) is 0 Å². The van der Waals surface area contributed by atoms with E-state index in [9.17, 15) is 0 Å². The summed E-state index contributed by atoms with van der Waals surface area (Å²) >= 11 is 0. The molecule has 2 saturated heterocycles. The summed E-state index contributed by atoms with van der Waals surface area (Å²) in [5, 5.41) is 11.9. The zero-order valence-electron chi connectivity index (χ0n) is 8.54. The molecule has 3 nitrogen and oxygen atoms in total. The van der Waals surface area contributed by atoms with Gasteiger partial charge in [-0.15, -0.1) is 0 Å². The molecule has 2 aliphatic rings. The topological polar surface area (TPSA) is 45.0 Å². The van der Waals surface area contributed by atoms with E-state index in [2.05, 4.69) is 11.4 Å². The second kappa shape index (κ2) is 4.77. The molecular formula is C11H18N2O. The van der Waals surface area contributed by atoms with Gasteiger partial charge in [0.25, 0.3) is 0 Å². The molecule has 3 heteroatoms. The van der Waals surface area contributed by atoms with Crippen molar-refractivity contribution in [3.8, 4) is 6.07 Å². The molecule has 2 rings (SSSR count). The van der Waals surface area contributed by atoms with E-state index in [-0.39, 0.29) is 0 Å². The number of hydrogen-bond acceptors (Lipinski definition) is 3. The van der Waals surface area contributed by atoms with Gasteiger partial charge in [-0.2, -0.15) is 5.26 Å². The fourth-order valence-electron chi connectivity index (χ4n) is 2.47. The SMILES string of the molecule is N#CCCCCNC1CC2CCC1O2. The fraction of sp³-hybridized carbons (Fsp3) is 0.909. The third kappa shape index (κ3) is 2.26. The third-order valence-electron chi connectivity index (χ3n) is 3.23. The van der Waals surface area contributed by atoms with E-state index in [1.54, 1.807) is 0 Å². The lowest BCUT2D eigenvalue weighted by Gasteiger charge is -2.19. The van der Waals surface area contributed by atoms with Crippen LogP contribution in [0.3, 0.4) is 0 Å². The average molecular weight is 194 g/mol. The average Bonchev–Trinajstić information content (AvgIpc) is 2.79. The van der Waals surface area contributed by atoms with Crippen LogP contribution in [0, 0.1) is 11.3 Å². The van der Waals surface area contributed by atoms with Crippen LogP contribution >= 0.6 is 0 Å². The minimum atomic E-state index is 0.482. The van der Waals surface area contributed by atoms with Gasteiger partial charge in [0, 0.05) is 12.5 Å². The second-order valence-corrected chi connectivity index (χ2v) is 4.29. The minimum Gasteiger partial charge on any atom is -0.373 e. The van der Waals surface area contributed by atoms with Crippen molar-refractivity contribution >= 4 is 0 Å². The Kier molecular flexibility index (Phi) is 3.39. The first kappa shape index (κ1) is 9.95. The highest BCUT2D eigenvalue weighted by atomic mass is 16.5. The molecule has 0 aliphatic carbocycles. The first-order valence-electron chi connectivity index (χ1n) is 5.66. The molecule has 2 aliphatic heterocycles. The van der Waals surface area contributed by atoms with Crippen LogP contribution in [0.25, 0.3) is 0 Å². The first-order chi connectivity index (χ1) is 6.90. The molecule has 2 bridgehead atoms. The van der Waals surface area contributed by atoms with Crippen molar-refractivity contribution in [2.24, 2.45) is 0 Å². The number of unbranched alkanes of at least 4 members (excludes halogenated alkanes) is 2. The van der Waals surface area contributed by atoms with Crippen LogP contribution in [0.1, 0.15) is 38.5 Å². The van der Waals surface area contributed by atoms with Crippen LogP contribution in [0.2, 0.25) is 0 Å². The Morgan fingerprint density at radius 3 is 2.93 bits per heavy atom. The number of nitrogens with one attached hydrogen (secondary N) is 1. The van der Waals surface area contributed by atoms with Crippen LogP contribution < -0.4 is 5.32 Å². The molecule has 0 spiro atoms. The van der Waals surface area contributed by atoms with Gasteiger partial charge in [0.1, 0.15) is 0 Å². The number of fused-ring (bicyclic) bond motifs is 2. The summed E-state index contributed by atoms with van der Waals surface area (Å²) in [5.74, 6) is 0. The summed E-state index contributed by atoms with van der Waals surface area (Å²) in [4.78, 5) is 0. The second-order valence-electron chi connectivity index (χ2n) is 4.29. The van der Waals surface area contributed by atoms with Crippen LogP contribution in [-0.4, -0.2) is 24.8 Å². The largest absolute Gasteiger partial charge is 0.373 e. The Labute approximate surface area is 85.4 Å². The zero-order valence-corrected chi connectivity index (χ0v) is 8.54. The molecule has 2 fully saturated rings. The van der Waals surface area contributed by atoms with Gasteiger partial charge < -0.3 is 10.1 Å². The van der Waals surface area contributed by atoms with Crippen molar-refractivity contribution in [1.82, 2.24) is 5.32 Å². The first-order valence-corrected chi connectivity index (χ1v) is 5.66. The number of nitriles is 1. The minimum absolute atomic E-state index is 0.482. The molecule has 14 heavy (non-hydrogen) atoms. The monoisotopic (exact) mass is 194 g/mol. The number of ether oxygens (including phenoxy) is 1. The van der Waals surface area contributed by atoms with E-state index in [0.29, 0.717) is 24.7 Å². The molecule has 0 radical (unpaired) electrons. The van der Waals surface area contributed by atoms with E-state index in [1.165, 1.54) is 19.3 Å². The molecule has 2 heterocycles. The summed E-state index contributed by atoms with van der Waals surface area (Å²) in [7, 11) is 0. The molecule has 0 amide bonds. The Hall–Kier alpha value is -0.590. The van der Waals surface area contributed by atoms with Gasteiger partial charge in [0.2, 0.25) is 0 Å². The maximum absolute atomic E-state index is 8.37. The molecule has 0 aromatic heterocycles. The van der Waals surface area contributed by atoms with E-state index < -0.39 is 0 Å². The summed E-state index contributed by atoms with van der Waals surface area (Å²) in [6.07, 6.45) is 7.54. The van der Waals surface area contributed by atoms with Gasteiger partial charge in [-0.25, -0.2) is 0 Å². The summed E-state index contributed by atoms with van der Waals surface area (Å²) in [5.41, 5.74) is 0. The highest BCUT2D eigenvalue weighted by Gasteiger charge is 2.40. The van der Waals surface area contributed by atoms with Crippen LogP contribution in [0.15, 0.2) is 0 Å². The third-order valence-corrected chi connectivity index (χ3v) is 3.23. The van der Waals surface area contributed by atoms with Gasteiger partial charge in [-0.1, -0.05) is 0 Å². The van der Waals surface area contributed by atoms with Crippen molar-refractivity contribution in [3.63, 3.8) is 0 Å². The molecule has 0 saturated carbocycles. The van der Waals surface area contributed by atoms with Gasteiger partial charge in [-0.05, 0) is 38.6 Å². The van der Waals surface area contributed by atoms with Gasteiger partial charge in [0.05, 0.1) is 18.3 Å². The predicted molar refractivity (Wildman–Crippen MR) is 53.8 cm³/mol. The molecular weight excluding hydrogens is 176 g/mol. The standard InChI is InChI=1S/C11H18N2O/c12-6-2-1-3-7-13-10-8-9-4-5-11(10)14-9/h9-11,13H,1-5,7-8H2. The lowest BCUT2D eigenvalue weighted by molar-refractivity contribution is 0.0974. The number of rotatable bonds is 5. The van der Waals surface area contributed by atoms with Gasteiger partial charge >= 0.3 is 0 Å².